The van der Waals surface area contributed by atoms with Gasteiger partial charge in [-0.1, -0.05) is 146 Å². The van der Waals surface area contributed by atoms with Gasteiger partial charge in [0, 0.05) is 52.8 Å². The van der Waals surface area contributed by atoms with Crippen LogP contribution in [0.5, 0.6) is 0 Å². The molecule has 2 aliphatic heterocycles. The Morgan fingerprint density at radius 2 is 1.02 bits per heavy atom. The first-order valence-electron chi connectivity index (χ1n) is 19.2. The molecule has 0 radical (unpaired) electrons. The van der Waals surface area contributed by atoms with Crippen LogP contribution in [0.1, 0.15) is 41.6 Å². The van der Waals surface area contributed by atoms with Crippen LogP contribution in [-0.4, -0.2) is 15.0 Å². The van der Waals surface area contributed by atoms with Crippen LogP contribution in [0.15, 0.2) is 188 Å². The fourth-order valence-electron chi connectivity index (χ4n) is 9.23. The molecule has 1 unspecified atom stereocenters. The van der Waals surface area contributed by atoms with Gasteiger partial charge in [0.15, 0.2) is 40.2 Å². The lowest BCUT2D eigenvalue weighted by molar-refractivity contribution is 0.739. The smallest absolute Gasteiger partial charge is 0.164 e. The third kappa shape index (κ3) is 4.92. The number of hydrogen-bond donors (Lipinski definition) is 0. The van der Waals surface area contributed by atoms with Gasteiger partial charge in [0.25, 0.3) is 0 Å². The van der Waals surface area contributed by atoms with E-state index < -0.39 is 0 Å². The molecule has 4 aliphatic rings. The standard InChI is InChI=1S/C51H37N4/c1-3-14-34(15-4-1)36-26-30-38(31-27-36)49-52-50(39-32-28-37(29-33-39)35-16-5-2-6-17-35)54-51(53-49)43-21-13-25-47-48(43)42-20-9-12-24-46(42)55(47)44-22-10-7-18-40(44)41-19-8-11-23-45(41)55/h1-16,18-26,28-33,35-36H,17,27H2/q+1/t35-,36?/m0/s1. The molecular weight excluding hydrogens is 669 g/mol. The van der Waals surface area contributed by atoms with Gasteiger partial charge < -0.3 is 0 Å². The maximum Gasteiger partial charge on any atom is 0.164 e. The van der Waals surface area contributed by atoms with E-state index in [1.807, 2.05) is 0 Å². The van der Waals surface area contributed by atoms with Crippen molar-refractivity contribution in [3.8, 4) is 45.0 Å². The monoisotopic (exact) mass is 705 g/mol. The largest absolute Gasteiger partial charge is 0.208 e. The molecule has 0 fully saturated rings. The average Bonchev–Trinajstić information content (AvgIpc) is 3.75. The van der Waals surface area contributed by atoms with Crippen LogP contribution < -0.4 is 4.48 Å². The van der Waals surface area contributed by atoms with E-state index in [9.17, 15) is 0 Å². The van der Waals surface area contributed by atoms with Crippen molar-refractivity contribution in [3.63, 3.8) is 0 Å². The van der Waals surface area contributed by atoms with Crippen molar-refractivity contribution < 1.29 is 0 Å². The summed E-state index contributed by atoms with van der Waals surface area (Å²) in [6, 6.07) is 52.8. The highest BCUT2D eigenvalue weighted by Gasteiger charge is 2.54. The molecular formula is C51H37N4+. The number of hydrogen-bond acceptors (Lipinski definition) is 3. The summed E-state index contributed by atoms with van der Waals surface area (Å²) >= 11 is 0. The molecule has 1 aromatic heterocycles. The van der Waals surface area contributed by atoms with E-state index in [0.29, 0.717) is 33.8 Å². The Labute approximate surface area is 321 Å². The van der Waals surface area contributed by atoms with E-state index in [0.717, 1.165) is 35.1 Å². The van der Waals surface area contributed by atoms with E-state index in [-0.39, 0.29) is 0 Å². The van der Waals surface area contributed by atoms with E-state index in [2.05, 4.69) is 188 Å². The zero-order valence-corrected chi connectivity index (χ0v) is 30.3. The molecule has 7 aromatic rings. The zero-order valence-electron chi connectivity index (χ0n) is 30.3. The third-order valence-electron chi connectivity index (χ3n) is 11.8. The molecule has 2 aliphatic carbocycles. The van der Waals surface area contributed by atoms with Gasteiger partial charge in [-0.15, -0.1) is 0 Å². The maximum atomic E-state index is 5.33. The molecule has 260 valence electrons. The molecule has 0 saturated carbocycles. The van der Waals surface area contributed by atoms with Gasteiger partial charge in [-0.2, -0.15) is 4.48 Å². The minimum absolute atomic E-state index is 0.321. The highest BCUT2D eigenvalue weighted by Crippen LogP contribution is 2.69. The van der Waals surface area contributed by atoms with Crippen molar-refractivity contribution in [2.75, 3.05) is 0 Å². The number of benzene rings is 6. The predicted molar refractivity (Wildman–Crippen MR) is 225 cm³/mol. The number of rotatable bonds is 5. The normalized spacial score (nSPS) is 18.1. The van der Waals surface area contributed by atoms with Gasteiger partial charge in [0.1, 0.15) is 0 Å². The molecule has 0 saturated heterocycles. The Bertz CT molecular complexity index is 2730. The van der Waals surface area contributed by atoms with Crippen molar-refractivity contribution in [3.05, 3.63) is 205 Å². The van der Waals surface area contributed by atoms with Gasteiger partial charge in [-0.3, -0.25) is 0 Å². The summed E-state index contributed by atoms with van der Waals surface area (Å²) < 4.78 is 0.539. The van der Waals surface area contributed by atoms with Gasteiger partial charge in [0.05, 0.1) is 22.3 Å². The van der Waals surface area contributed by atoms with E-state index in [1.54, 1.807) is 0 Å². The Kier molecular flexibility index (Phi) is 7.32. The summed E-state index contributed by atoms with van der Waals surface area (Å²) in [6.45, 7) is 0. The minimum atomic E-state index is 0.321. The second-order valence-electron chi connectivity index (χ2n) is 14.8. The highest BCUT2D eigenvalue weighted by molar-refractivity contribution is 6.13. The molecule has 0 N–H and O–H groups in total. The molecule has 0 bridgehead atoms. The summed E-state index contributed by atoms with van der Waals surface area (Å²) in [7, 11) is 0. The first-order valence-corrected chi connectivity index (χ1v) is 19.2. The Morgan fingerprint density at radius 3 is 1.71 bits per heavy atom. The molecule has 3 heterocycles. The van der Waals surface area contributed by atoms with Crippen molar-refractivity contribution in [2.45, 2.75) is 24.7 Å². The average molecular weight is 706 g/mol. The summed E-state index contributed by atoms with van der Waals surface area (Å²) in [6.07, 6.45) is 17.4. The van der Waals surface area contributed by atoms with Crippen LogP contribution in [0.3, 0.4) is 0 Å². The fourth-order valence-corrected chi connectivity index (χ4v) is 9.23. The van der Waals surface area contributed by atoms with Gasteiger partial charge in [-0.05, 0) is 42.2 Å². The SMILES string of the molecule is C1=CC[C@@H](c2ccc(-c3nc(C4=CCC(c5ccccc5)C=C4)nc(-c4cccc5c4-c4ccccc4[N+]54c5ccccc5-c5ccccc54)n3)cc2)C=C1. The molecule has 2 atom stereocenters. The molecule has 1 spiro atoms. The molecule has 55 heavy (non-hydrogen) atoms. The lowest BCUT2D eigenvalue weighted by atomic mass is 9.90. The number of allylic oxidation sites excluding steroid dienone is 8. The lowest BCUT2D eigenvalue weighted by Gasteiger charge is -2.31. The van der Waals surface area contributed by atoms with Crippen LogP contribution in [-0.2, 0) is 0 Å². The van der Waals surface area contributed by atoms with Crippen LogP contribution in [0.25, 0.3) is 50.6 Å². The number of aromatic nitrogens is 3. The fraction of sp³-hybridized carbons (Fsp3) is 0.0784. The predicted octanol–water partition coefficient (Wildman–Crippen LogP) is 13.2. The van der Waals surface area contributed by atoms with E-state index in [1.165, 1.54) is 50.6 Å². The number of fused-ring (bicyclic) bond motifs is 10. The quantitative estimate of drug-likeness (QED) is 0.167. The van der Waals surface area contributed by atoms with E-state index >= 15 is 0 Å². The minimum Gasteiger partial charge on any atom is -0.208 e. The van der Waals surface area contributed by atoms with Gasteiger partial charge in [-0.25, -0.2) is 15.0 Å². The topological polar surface area (TPSA) is 38.7 Å². The van der Waals surface area contributed by atoms with Crippen molar-refractivity contribution in [1.82, 2.24) is 19.4 Å². The molecule has 0 amide bonds. The number of nitrogens with zero attached hydrogens (tertiary/aromatic N) is 4. The van der Waals surface area contributed by atoms with Crippen molar-refractivity contribution in [2.24, 2.45) is 0 Å². The Morgan fingerprint density at radius 1 is 0.436 bits per heavy atom. The molecule has 11 rings (SSSR count). The van der Waals surface area contributed by atoms with Gasteiger partial charge in [0.2, 0.25) is 0 Å². The van der Waals surface area contributed by atoms with Gasteiger partial charge >= 0.3 is 0 Å². The van der Waals surface area contributed by atoms with Crippen LogP contribution in [0, 0.1) is 0 Å². The van der Waals surface area contributed by atoms with Crippen LogP contribution in [0.2, 0.25) is 0 Å². The number of para-hydroxylation sites is 3. The van der Waals surface area contributed by atoms with Crippen molar-refractivity contribution in [1.29, 1.82) is 0 Å². The third-order valence-corrected chi connectivity index (χ3v) is 11.8. The summed E-state index contributed by atoms with van der Waals surface area (Å²) in [5.74, 6) is 2.74. The second-order valence-corrected chi connectivity index (χ2v) is 14.8. The van der Waals surface area contributed by atoms with E-state index in [4.69, 9.17) is 15.0 Å². The first-order chi connectivity index (χ1) is 27.3. The highest BCUT2D eigenvalue weighted by atomic mass is 15.4. The lowest BCUT2D eigenvalue weighted by Crippen LogP contribution is -2.28. The Balaban J connectivity index is 1.10. The molecule has 6 aromatic carbocycles. The van der Waals surface area contributed by atoms with Crippen molar-refractivity contribution >= 4 is 28.3 Å². The summed E-state index contributed by atoms with van der Waals surface area (Å²) in [4.78, 5) is 15.8. The Hall–Kier alpha value is -6.75. The second kappa shape index (κ2) is 12.7. The first kappa shape index (κ1) is 31.7. The summed E-state index contributed by atoms with van der Waals surface area (Å²) in [5.41, 5.74) is 15.5. The molecule has 4 heteroatoms. The summed E-state index contributed by atoms with van der Waals surface area (Å²) in [5, 5.41) is 0. The zero-order chi connectivity index (χ0) is 36.3. The molecule has 4 nitrogen and oxygen atoms in total. The van der Waals surface area contributed by atoms with Crippen LogP contribution >= 0.6 is 0 Å². The van der Waals surface area contributed by atoms with Crippen LogP contribution in [0.4, 0.5) is 22.7 Å². The number of quaternary nitrogens is 1. The maximum absolute atomic E-state index is 5.33.